The highest BCUT2D eigenvalue weighted by atomic mass is 35.5. The van der Waals surface area contributed by atoms with Gasteiger partial charge in [-0.3, -0.25) is 4.98 Å². The van der Waals surface area contributed by atoms with Gasteiger partial charge in [-0.05, 0) is 31.3 Å². The zero-order chi connectivity index (χ0) is 11.5. The van der Waals surface area contributed by atoms with E-state index in [0.717, 1.165) is 29.6 Å². The Morgan fingerprint density at radius 1 is 1.12 bits per heavy atom. The largest absolute Gasteiger partial charge is 0.319 e. The van der Waals surface area contributed by atoms with E-state index in [0.29, 0.717) is 10.0 Å². The van der Waals surface area contributed by atoms with E-state index in [9.17, 15) is 0 Å². The number of pyridine rings is 1. The first-order valence-corrected chi connectivity index (χ1v) is 5.86. The van der Waals surface area contributed by atoms with Gasteiger partial charge < -0.3 is 5.32 Å². The highest BCUT2D eigenvalue weighted by Gasteiger charge is 2.05. The number of nitrogens with zero attached hydrogens (tertiary/aromatic N) is 1. The van der Waals surface area contributed by atoms with Gasteiger partial charge in [0, 0.05) is 24.0 Å². The Labute approximate surface area is 105 Å². The molecule has 0 amide bonds. The molecule has 2 rings (SSSR count). The van der Waals surface area contributed by atoms with Crippen LogP contribution >= 0.6 is 23.2 Å². The second kappa shape index (κ2) is 5.00. The highest BCUT2D eigenvalue weighted by Crippen LogP contribution is 2.28. The molecule has 2 aromatic rings. The molecule has 1 heterocycles. The Morgan fingerprint density at radius 3 is 2.62 bits per heavy atom. The second-order valence-electron chi connectivity index (χ2n) is 3.58. The summed E-state index contributed by atoms with van der Waals surface area (Å²) in [5.74, 6) is 0. The molecular formula is C12H12Cl2N2. The summed E-state index contributed by atoms with van der Waals surface area (Å²) in [6.45, 7) is 0.899. The van der Waals surface area contributed by atoms with Gasteiger partial charge in [0.05, 0.1) is 15.6 Å². The number of benzene rings is 1. The molecule has 2 nitrogen and oxygen atoms in total. The first kappa shape index (κ1) is 11.6. The molecule has 0 unspecified atom stereocenters. The molecular weight excluding hydrogens is 243 g/mol. The van der Waals surface area contributed by atoms with Crippen LogP contribution in [0.5, 0.6) is 0 Å². The van der Waals surface area contributed by atoms with E-state index < -0.39 is 0 Å². The van der Waals surface area contributed by atoms with E-state index in [2.05, 4.69) is 10.3 Å². The van der Waals surface area contributed by atoms with Crippen LogP contribution in [0, 0.1) is 0 Å². The maximum Gasteiger partial charge on any atom is 0.0906 e. The van der Waals surface area contributed by atoms with Gasteiger partial charge in [0.15, 0.2) is 0 Å². The van der Waals surface area contributed by atoms with Crippen LogP contribution in [0.25, 0.3) is 10.9 Å². The molecule has 0 spiro atoms. The van der Waals surface area contributed by atoms with Crippen LogP contribution in [0.4, 0.5) is 0 Å². The molecule has 0 aliphatic carbocycles. The van der Waals surface area contributed by atoms with Gasteiger partial charge in [-0.25, -0.2) is 0 Å². The minimum Gasteiger partial charge on any atom is -0.319 e. The fraction of sp³-hybridized carbons (Fsp3) is 0.250. The Hall–Kier alpha value is -0.830. The van der Waals surface area contributed by atoms with Crippen LogP contribution in [0.15, 0.2) is 24.3 Å². The third-order valence-corrected chi connectivity index (χ3v) is 3.08. The summed E-state index contributed by atoms with van der Waals surface area (Å²) in [4.78, 5) is 4.52. The number of aromatic nitrogens is 1. The van der Waals surface area contributed by atoms with Gasteiger partial charge in [0.2, 0.25) is 0 Å². The predicted octanol–water partition coefficient (Wildman–Crippen LogP) is 3.30. The number of hydrogen-bond acceptors (Lipinski definition) is 2. The number of rotatable bonds is 3. The van der Waals surface area contributed by atoms with Crippen LogP contribution in [-0.4, -0.2) is 18.6 Å². The van der Waals surface area contributed by atoms with Crippen LogP contribution < -0.4 is 5.32 Å². The summed E-state index contributed by atoms with van der Waals surface area (Å²) >= 11 is 12.2. The lowest BCUT2D eigenvalue weighted by molar-refractivity contribution is 0.779. The first-order chi connectivity index (χ1) is 7.72. The maximum absolute atomic E-state index is 6.10. The van der Waals surface area contributed by atoms with Crippen molar-refractivity contribution >= 4 is 34.1 Å². The van der Waals surface area contributed by atoms with Gasteiger partial charge in [0.1, 0.15) is 0 Å². The van der Waals surface area contributed by atoms with Crippen molar-refractivity contribution in [3.8, 4) is 0 Å². The normalized spacial score (nSPS) is 10.9. The van der Waals surface area contributed by atoms with Crippen molar-refractivity contribution in [3.63, 3.8) is 0 Å². The van der Waals surface area contributed by atoms with Gasteiger partial charge >= 0.3 is 0 Å². The van der Waals surface area contributed by atoms with Crippen molar-refractivity contribution in [1.29, 1.82) is 0 Å². The summed E-state index contributed by atoms with van der Waals surface area (Å²) < 4.78 is 0. The molecule has 1 aromatic carbocycles. The minimum atomic E-state index is 0.644. The third kappa shape index (κ3) is 2.29. The molecule has 0 saturated heterocycles. The standard InChI is InChI=1S/C12H12Cl2N2/c1-15-7-6-8-2-3-9-10(13)4-5-11(14)12(9)16-8/h2-5,15H,6-7H2,1H3. The summed E-state index contributed by atoms with van der Waals surface area (Å²) in [6, 6.07) is 7.53. The summed E-state index contributed by atoms with van der Waals surface area (Å²) in [7, 11) is 1.92. The van der Waals surface area contributed by atoms with Gasteiger partial charge in [-0.1, -0.05) is 23.2 Å². The highest BCUT2D eigenvalue weighted by molar-refractivity contribution is 6.39. The van der Waals surface area contributed by atoms with Crippen LogP contribution in [0.3, 0.4) is 0 Å². The summed E-state index contributed by atoms with van der Waals surface area (Å²) in [5, 5.41) is 5.33. The molecule has 0 aliphatic heterocycles. The zero-order valence-electron chi connectivity index (χ0n) is 8.93. The molecule has 1 N–H and O–H groups in total. The second-order valence-corrected chi connectivity index (χ2v) is 4.40. The molecule has 0 saturated carbocycles. The molecule has 0 radical (unpaired) electrons. The smallest absolute Gasteiger partial charge is 0.0906 e. The van der Waals surface area contributed by atoms with Crippen LogP contribution in [0.1, 0.15) is 5.69 Å². The molecule has 0 aliphatic rings. The fourth-order valence-corrected chi connectivity index (χ4v) is 2.00. The SMILES string of the molecule is CNCCc1ccc2c(Cl)ccc(Cl)c2n1. The molecule has 0 atom stereocenters. The molecule has 4 heteroatoms. The van der Waals surface area contributed by atoms with Crippen molar-refractivity contribution in [2.45, 2.75) is 6.42 Å². The summed E-state index contributed by atoms with van der Waals surface area (Å²) in [6.07, 6.45) is 0.884. The van der Waals surface area contributed by atoms with Crippen molar-refractivity contribution in [2.75, 3.05) is 13.6 Å². The Balaban J connectivity index is 2.48. The maximum atomic E-state index is 6.10. The lowest BCUT2D eigenvalue weighted by Gasteiger charge is -2.05. The van der Waals surface area contributed by atoms with E-state index in [-0.39, 0.29) is 0 Å². The van der Waals surface area contributed by atoms with Crippen molar-refractivity contribution in [1.82, 2.24) is 10.3 Å². The molecule has 1 aromatic heterocycles. The van der Waals surface area contributed by atoms with E-state index in [1.165, 1.54) is 0 Å². The minimum absolute atomic E-state index is 0.644. The number of likely N-dealkylation sites (N-methyl/N-ethyl adjacent to an activating group) is 1. The fourth-order valence-electron chi connectivity index (χ4n) is 1.58. The molecule has 16 heavy (non-hydrogen) atoms. The topological polar surface area (TPSA) is 24.9 Å². The van der Waals surface area contributed by atoms with Crippen molar-refractivity contribution in [3.05, 3.63) is 40.0 Å². The number of fused-ring (bicyclic) bond motifs is 1. The Bertz CT molecular complexity index is 512. The average Bonchev–Trinajstić information content (AvgIpc) is 2.31. The molecule has 84 valence electrons. The zero-order valence-corrected chi connectivity index (χ0v) is 10.4. The number of hydrogen-bond donors (Lipinski definition) is 1. The van der Waals surface area contributed by atoms with Gasteiger partial charge in [0.25, 0.3) is 0 Å². The average molecular weight is 255 g/mol. The lowest BCUT2D eigenvalue weighted by atomic mass is 10.2. The van der Waals surface area contributed by atoms with E-state index >= 15 is 0 Å². The summed E-state index contributed by atoms with van der Waals surface area (Å²) in [5.41, 5.74) is 1.80. The number of nitrogens with one attached hydrogen (secondary N) is 1. The van der Waals surface area contributed by atoms with Gasteiger partial charge in [-0.2, -0.15) is 0 Å². The van der Waals surface area contributed by atoms with Crippen LogP contribution in [0.2, 0.25) is 10.0 Å². The Morgan fingerprint density at radius 2 is 1.88 bits per heavy atom. The first-order valence-electron chi connectivity index (χ1n) is 5.10. The molecule has 0 fully saturated rings. The van der Waals surface area contributed by atoms with E-state index in [1.54, 1.807) is 12.1 Å². The van der Waals surface area contributed by atoms with Crippen molar-refractivity contribution < 1.29 is 0 Å². The van der Waals surface area contributed by atoms with Gasteiger partial charge in [-0.15, -0.1) is 0 Å². The Kier molecular flexibility index (Phi) is 3.64. The quantitative estimate of drug-likeness (QED) is 0.910. The number of halogens is 2. The monoisotopic (exact) mass is 254 g/mol. The van der Waals surface area contributed by atoms with Crippen LogP contribution in [-0.2, 0) is 6.42 Å². The third-order valence-electron chi connectivity index (χ3n) is 2.44. The van der Waals surface area contributed by atoms with E-state index in [1.807, 2.05) is 19.2 Å². The predicted molar refractivity (Wildman–Crippen MR) is 69.4 cm³/mol. The van der Waals surface area contributed by atoms with Crippen molar-refractivity contribution in [2.24, 2.45) is 0 Å². The van der Waals surface area contributed by atoms with E-state index in [4.69, 9.17) is 23.2 Å². The molecule has 0 bridgehead atoms. The lowest BCUT2D eigenvalue weighted by Crippen LogP contribution is -2.11.